The van der Waals surface area contributed by atoms with Crippen molar-refractivity contribution >= 4 is 45.7 Å². The second-order valence-corrected chi connectivity index (χ2v) is 13.0. The fraction of sp³-hybridized carbons (Fsp3) is 0.333. The Hall–Kier alpha value is -5.38. The first kappa shape index (κ1) is 33.5. The Balaban J connectivity index is 0.000000182. The highest BCUT2D eigenvalue weighted by Crippen LogP contribution is 2.36. The van der Waals surface area contributed by atoms with Crippen molar-refractivity contribution < 1.29 is 39.2 Å². The van der Waals surface area contributed by atoms with E-state index < -0.39 is 17.9 Å². The molecule has 0 bridgehead atoms. The lowest BCUT2D eigenvalue weighted by atomic mass is 9.86. The summed E-state index contributed by atoms with van der Waals surface area (Å²) < 4.78 is 9.50. The smallest absolute Gasteiger partial charge is 0.326 e. The van der Waals surface area contributed by atoms with E-state index in [1.807, 2.05) is 94.9 Å². The van der Waals surface area contributed by atoms with E-state index in [9.17, 15) is 29.4 Å². The van der Waals surface area contributed by atoms with Crippen LogP contribution >= 0.6 is 0 Å². The second kappa shape index (κ2) is 14.4. The number of carbonyl (C=O) groups excluding carboxylic acids is 1. The van der Waals surface area contributed by atoms with Crippen molar-refractivity contribution in [1.82, 2.24) is 9.13 Å². The molecule has 3 aromatic carbocycles. The van der Waals surface area contributed by atoms with Crippen LogP contribution in [-0.4, -0.2) is 54.4 Å². The van der Waals surface area contributed by atoms with Gasteiger partial charge in [0.2, 0.25) is 0 Å². The number of hydrogen-bond acceptors (Lipinski definition) is 5. The number of benzene rings is 3. The molecule has 0 aliphatic heterocycles. The zero-order valence-electron chi connectivity index (χ0n) is 27.4. The quantitative estimate of drug-likeness (QED) is 0.165. The standard InChI is InChI=1S/C24H25NO4.C15H15NO4/c1-16(13-17-7-3-2-4-8-17)29-23(26)15-25-21-10-6-5-9-19(21)20-14-18(24(27)28)11-12-22(20)25;17-14(18)8-16-12-4-2-1-3-10(12)11-7-9(15(19)20)5-6-13(11)16/h2-10,16,18H,11-15H2,1H3,(H,27,28);1-4,9H,5-8H2,(H,17,18)(H,19,20). The molecule has 2 aliphatic carbocycles. The van der Waals surface area contributed by atoms with Crippen LogP contribution in [0.5, 0.6) is 0 Å². The first-order valence-corrected chi connectivity index (χ1v) is 16.7. The van der Waals surface area contributed by atoms with E-state index >= 15 is 0 Å². The van der Waals surface area contributed by atoms with Gasteiger partial charge in [-0.3, -0.25) is 19.2 Å². The average molecular weight is 665 g/mol. The Morgan fingerprint density at radius 1 is 0.694 bits per heavy atom. The minimum Gasteiger partial charge on any atom is -0.481 e. The number of aliphatic carboxylic acids is 3. The Bertz CT molecular complexity index is 2030. The monoisotopic (exact) mass is 664 g/mol. The maximum Gasteiger partial charge on any atom is 0.326 e. The van der Waals surface area contributed by atoms with Crippen molar-refractivity contribution in [3.05, 3.63) is 107 Å². The van der Waals surface area contributed by atoms with Crippen LogP contribution < -0.4 is 0 Å². The number of carboxylic acids is 3. The van der Waals surface area contributed by atoms with Crippen molar-refractivity contribution in [1.29, 1.82) is 0 Å². The maximum absolute atomic E-state index is 12.7. The molecule has 7 rings (SSSR count). The molecule has 0 fully saturated rings. The number of ether oxygens (including phenoxy) is 1. The van der Waals surface area contributed by atoms with Gasteiger partial charge in [0, 0.05) is 39.6 Å². The molecular weight excluding hydrogens is 624 g/mol. The van der Waals surface area contributed by atoms with Gasteiger partial charge in [-0.25, -0.2) is 0 Å². The van der Waals surface area contributed by atoms with Gasteiger partial charge < -0.3 is 29.2 Å². The van der Waals surface area contributed by atoms with Crippen molar-refractivity contribution in [3.63, 3.8) is 0 Å². The van der Waals surface area contributed by atoms with Crippen LogP contribution in [0, 0.1) is 11.8 Å². The number of aromatic nitrogens is 2. The third-order valence-corrected chi connectivity index (χ3v) is 9.73. The van der Waals surface area contributed by atoms with E-state index in [1.54, 1.807) is 0 Å². The van der Waals surface area contributed by atoms with Crippen LogP contribution in [0.15, 0.2) is 78.9 Å². The summed E-state index contributed by atoms with van der Waals surface area (Å²) in [5, 5.41) is 29.7. The molecule has 0 saturated carbocycles. The lowest BCUT2D eigenvalue weighted by molar-refractivity contribution is -0.149. The largest absolute Gasteiger partial charge is 0.481 e. The molecule has 49 heavy (non-hydrogen) atoms. The van der Waals surface area contributed by atoms with Crippen LogP contribution in [0.3, 0.4) is 0 Å². The number of rotatable bonds is 9. The third-order valence-electron chi connectivity index (χ3n) is 9.73. The summed E-state index contributed by atoms with van der Waals surface area (Å²) in [5.74, 6) is -3.40. The van der Waals surface area contributed by atoms with Gasteiger partial charge in [-0.1, -0.05) is 66.7 Å². The van der Waals surface area contributed by atoms with E-state index in [0.29, 0.717) is 44.9 Å². The predicted molar refractivity (Wildman–Crippen MR) is 184 cm³/mol. The van der Waals surface area contributed by atoms with Gasteiger partial charge in [0.25, 0.3) is 0 Å². The van der Waals surface area contributed by atoms with Gasteiger partial charge in [-0.05, 0) is 74.3 Å². The molecule has 0 spiro atoms. The van der Waals surface area contributed by atoms with E-state index in [4.69, 9.17) is 9.84 Å². The molecule has 10 heteroatoms. The molecular formula is C39H40N2O8. The second-order valence-electron chi connectivity index (χ2n) is 13.0. The fourth-order valence-corrected chi connectivity index (χ4v) is 7.50. The summed E-state index contributed by atoms with van der Waals surface area (Å²) in [6.07, 6.45) is 3.91. The first-order valence-electron chi connectivity index (χ1n) is 16.7. The summed E-state index contributed by atoms with van der Waals surface area (Å²) in [4.78, 5) is 46.4. The summed E-state index contributed by atoms with van der Waals surface area (Å²) in [7, 11) is 0. The lowest BCUT2D eigenvalue weighted by Gasteiger charge is -2.21. The molecule has 2 aliphatic rings. The van der Waals surface area contributed by atoms with E-state index in [1.165, 1.54) is 0 Å². The zero-order chi connectivity index (χ0) is 34.7. The molecule has 10 nitrogen and oxygen atoms in total. The van der Waals surface area contributed by atoms with Crippen LogP contribution in [-0.2, 0) is 69.1 Å². The lowest BCUT2D eigenvalue weighted by Crippen LogP contribution is -2.25. The molecule has 5 aromatic rings. The first-order chi connectivity index (χ1) is 23.6. The Morgan fingerprint density at radius 2 is 1.16 bits per heavy atom. The predicted octanol–water partition coefficient (Wildman–Crippen LogP) is 5.92. The number of carboxylic acid groups (broad SMARTS) is 3. The molecule has 254 valence electrons. The number of fused-ring (bicyclic) bond motifs is 6. The number of carbonyl (C=O) groups is 4. The molecule has 0 radical (unpaired) electrons. The SMILES string of the molecule is CC(Cc1ccccc1)OC(=O)Cn1c2c(c3ccccc31)CC(C(=O)O)CC2.O=C(O)Cn1c2c(c3ccccc31)CC(C(=O)O)CC2. The molecule has 3 unspecified atom stereocenters. The highest BCUT2D eigenvalue weighted by Gasteiger charge is 2.31. The van der Waals surface area contributed by atoms with Crippen molar-refractivity contribution in [2.45, 2.75) is 71.1 Å². The molecule has 3 N–H and O–H groups in total. The molecule has 0 amide bonds. The molecule has 2 heterocycles. The highest BCUT2D eigenvalue weighted by molar-refractivity contribution is 5.89. The summed E-state index contributed by atoms with van der Waals surface area (Å²) in [5.41, 5.74) is 7.09. The summed E-state index contributed by atoms with van der Waals surface area (Å²) >= 11 is 0. The van der Waals surface area contributed by atoms with Gasteiger partial charge in [-0.2, -0.15) is 0 Å². The van der Waals surface area contributed by atoms with E-state index in [2.05, 4.69) is 0 Å². The van der Waals surface area contributed by atoms with Gasteiger partial charge in [0.1, 0.15) is 19.2 Å². The topological polar surface area (TPSA) is 148 Å². The Kier molecular flexibility index (Phi) is 9.85. The summed E-state index contributed by atoms with van der Waals surface area (Å²) in [6, 6.07) is 25.5. The third kappa shape index (κ3) is 7.23. The average Bonchev–Trinajstić information content (AvgIpc) is 3.56. The zero-order valence-corrected chi connectivity index (χ0v) is 27.4. The fourth-order valence-electron chi connectivity index (χ4n) is 7.50. The Labute approximate surface area is 283 Å². The minimum atomic E-state index is -0.881. The van der Waals surface area contributed by atoms with Crippen LogP contribution in [0.1, 0.15) is 47.8 Å². The number of nitrogens with zero attached hydrogens (tertiary/aromatic N) is 2. The number of hydrogen-bond donors (Lipinski definition) is 3. The summed E-state index contributed by atoms with van der Waals surface area (Å²) in [6.45, 7) is 1.98. The van der Waals surface area contributed by atoms with Crippen molar-refractivity contribution in [2.24, 2.45) is 11.8 Å². The normalized spacial score (nSPS) is 17.3. The van der Waals surface area contributed by atoms with Crippen molar-refractivity contribution in [2.75, 3.05) is 0 Å². The Morgan fingerprint density at radius 3 is 1.65 bits per heavy atom. The van der Waals surface area contributed by atoms with Gasteiger partial charge in [-0.15, -0.1) is 0 Å². The van der Waals surface area contributed by atoms with Crippen LogP contribution in [0.4, 0.5) is 0 Å². The van der Waals surface area contributed by atoms with Crippen molar-refractivity contribution in [3.8, 4) is 0 Å². The van der Waals surface area contributed by atoms with E-state index in [0.717, 1.165) is 49.9 Å². The minimum absolute atomic E-state index is 0.0758. The van der Waals surface area contributed by atoms with Gasteiger partial charge >= 0.3 is 23.9 Å². The number of esters is 1. The van der Waals surface area contributed by atoms with E-state index in [-0.39, 0.29) is 37.0 Å². The van der Waals surface area contributed by atoms with Gasteiger partial charge in [0.15, 0.2) is 0 Å². The van der Waals surface area contributed by atoms with Crippen LogP contribution in [0.2, 0.25) is 0 Å². The molecule has 3 atom stereocenters. The van der Waals surface area contributed by atoms with Gasteiger partial charge in [0.05, 0.1) is 11.8 Å². The molecule has 2 aromatic heterocycles. The molecule has 0 saturated heterocycles. The van der Waals surface area contributed by atoms with Crippen LogP contribution in [0.25, 0.3) is 21.8 Å². The maximum atomic E-state index is 12.7. The highest BCUT2D eigenvalue weighted by atomic mass is 16.5. The number of para-hydroxylation sites is 2.